The zero-order valence-electron chi connectivity index (χ0n) is 18.5. The SMILES string of the molecule is C=CC(=O)N1CCN(C(=O)CCc2cc(-c3cc(Cl)ccc3Cl)c(Cl)cc2OC)C(C(N)=O)C1. The standard InChI is InChI=1S/C24H24Cl3N3O4/c1-3-22(31)29-8-9-30(20(13-29)24(28)33)23(32)7-4-14-10-16(19(27)12-21(14)34-2)17-11-15(25)5-6-18(17)26/h3,5-6,10-12,20H,1,4,7-9,13H2,2H3,(H2,28,33). The average Bonchev–Trinajstić information content (AvgIpc) is 2.83. The largest absolute Gasteiger partial charge is 0.496 e. The predicted octanol–water partition coefficient (Wildman–Crippen LogP) is 3.97. The molecule has 2 aromatic carbocycles. The highest BCUT2D eigenvalue weighted by Gasteiger charge is 2.35. The van der Waals surface area contributed by atoms with Crippen molar-refractivity contribution in [2.45, 2.75) is 18.9 Å². The molecule has 1 heterocycles. The van der Waals surface area contributed by atoms with Gasteiger partial charge in [0.05, 0.1) is 18.7 Å². The molecule has 1 saturated heterocycles. The van der Waals surface area contributed by atoms with E-state index in [2.05, 4.69) is 6.58 Å². The minimum atomic E-state index is -0.905. The number of methoxy groups -OCH3 is 1. The number of rotatable bonds is 7. The first-order chi connectivity index (χ1) is 16.2. The van der Waals surface area contributed by atoms with E-state index in [1.807, 2.05) is 6.07 Å². The third-order valence-corrected chi connectivity index (χ3v) is 6.59. The highest BCUT2D eigenvalue weighted by atomic mass is 35.5. The molecule has 0 radical (unpaired) electrons. The highest BCUT2D eigenvalue weighted by molar-refractivity contribution is 6.37. The molecule has 2 N–H and O–H groups in total. The normalized spacial score (nSPS) is 15.7. The molecule has 2 aromatic rings. The van der Waals surface area contributed by atoms with E-state index in [0.717, 1.165) is 5.56 Å². The summed E-state index contributed by atoms with van der Waals surface area (Å²) in [5.74, 6) is -0.713. The molecule has 34 heavy (non-hydrogen) atoms. The van der Waals surface area contributed by atoms with E-state index in [0.29, 0.717) is 44.9 Å². The van der Waals surface area contributed by atoms with Crippen LogP contribution >= 0.6 is 34.8 Å². The maximum absolute atomic E-state index is 13.0. The number of halogens is 3. The lowest BCUT2D eigenvalue weighted by atomic mass is 9.99. The van der Waals surface area contributed by atoms with E-state index < -0.39 is 11.9 Å². The summed E-state index contributed by atoms with van der Waals surface area (Å²) in [7, 11) is 1.52. The number of nitrogens with two attached hydrogens (primary N) is 1. The van der Waals surface area contributed by atoms with Gasteiger partial charge in [-0.3, -0.25) is 14.4 Å². The molecule has 3 rings (SSSR count). The number of carbonyl (C=O) groups is 3. The van der Waals surface area contributed by atoms with Crippen LogP contribution in [0.4, 0.5) is 0 Å². The first-order valence-corrected chi connectivity index (χ1v) is 11.6. The fourth-order valence-electron chi connectivity index (χ4n) is 3.93. The number of piperazine rings is 1. The Balaban J connectivity index is 1.82. The number of benzene rings is 2. The second-order valence-corrected chi connectivity index (χ2v) is 9.01. The van der Waals surface area contributed by atoms with Crippen LogP contribution in [-0.4, -0.2) is 60.3 Å². The van der Waals surface area contributed by atoms with Crippen molar-refractivity contribution in [1.82, 2.24) is 9.80 Å². The minimum absolute atomic E-state index is 0.0353. The first kappa shape index (κ1) is 25.9. The summed E-state index contributed by atoms with van der Waals surface area (Å²) in [6, 6.07) is 7.66. The molecule has 0 aliphatic carbocycles. The van der Waals surface area contributed by atoms with Gasteiger partial charge in [-0.05, 0) is 48.4 Å². The van der Waals surface area contributed by atoms with E-state index in [4.69, 9.17) is 45.3 Å². The summed E-state index contributed by atoms with van der Waals surface area (Å²) in [6.07, 6.45) is 1.59. The lowest BCUT2D eigenvalue weighted by molar-refractivity contribution is -0.146. The third kappa shape index (κ3) is 5.66. The number of carbonyl (C=O) groups excluding carboxylic acids is 3. The molecule has 0 saturated carbocycles. The zero-order valence-corrected chi connectivity index (χ0v) is 20.8. The number of hydrogen-bond acceptors (Lipinski definition) is 4. The quantitative estimate of drug-likeness (QED) is 0.555. The summed E-state index contributed by atoms with van der Waals surface area (Å²) >= 11 is 19.0. The molecule has 3 amide bonds. The summed E-state index contributed by atoms with van der Waals surface area (Å²) < 4.78 is 5.46. The summed E-state index contributed by atoms with van der Waals surface area (Å²) in [4.78, 5) is 39.8. The van der Waals surface area contributed by atoms with Gasteiger partial charge in [-0.1, -0.05) is 41.4 Å². The van der Waals surface area contributed by atoms with Crippen LogP contribution in [-0.2, 0) is 20.8 Å². The lowest BCUT2D eigenvalue weighted by Gasteiger charge is -2.39. The lowest BCUT2D eigenvalue weighted by Crippen LogP contribution is -2.60. The number of ether oxygens (including phenoxy) is 1. The number of aryl methyl sites for hydroxylation is 1. The Labute approximate surface area is 213 Å². The number of amides is 3. The van der Waals surface area contributed by atoms with E-state index in [1.165, 1.54) is 23.0 Å². The third-order valence-electron chi connectivity index (χ3n) is 5.71. The van der Waals surface area contributed by atoms with Crippen molar-refractivity contribution in [2.24, 2.45) is 5.73 Å². The molecule has 10 heteroatoms. The van der Waals surface area contributed by atoms with Crippen LogP contribution in [0.5, 0.6) is 5.75 Å². The van der Waals surface area contributed by atoms with Gasteiger partial charge in [0.2, 0.25) is 17.7 Å². The van der Waals surface area contributed by atoms with Crippen LogP contribution in [0.25, 0.3) is 11.1 Å². The van der Waals surface area contributed by atoms with Crippen LogP contribution in [0.3, 0.4) is 0 Å². The molecule has 0 bridgehead atoms. The zero-order chi connectivity index (χ0) is 25.0. The Hall–Kier alpha value is -2.74. The second kappa shape index (κ2) is 11.1. The smallest absolute Gasteiger partial charge is 0.246 e. The fourth-order valence-corrected chi connectivity index (χ4v) is 4.58. The Morgan fingerprint density at radius 3 is 2.47 bits per heavy atom. The van der Waals surface area contributed by atoms with Crippen molar-refractivity contribution in [1.29, 1.82) is 0 Å². The first-order valence-electron chi connectivity index (χ1n) is 10.5. The van der Waals surface area contributed by atoms with Crippen LogP contribution in [0.15, 0.2) is 43.0 Å². The van der Waals surface area contributed by atoms with Gasteiger partial charge in [0.15, 0.2) is 0 Å². The molecular formula is C24H24Cl3N3O4. The molecule has 7 nitrogen and oxygen atoms in total. The number of nitrogens with zero attached hydrogens (tertiary/aromatic N) is 2. The van der Waals surface area contributed by atoms with Gasteiger partial charge in [-0.15, -0.1) is 0 Å². The highest BCUT2D eigenvalue weighted by Crippen LogP contribution is 2.39. The molecule has 0 spiro atoms. The summed E-state index contributed by atoms with van der Waals surface area (Å²) in [5, 5.41) is 1.41. The average molecular weight is 525 g/mol. The molecule has 180 valence electrons. The van der Waals surface area contributed by atoms with Gasteiger partial charge >= 0.3 is 0 Å². The number of primary amides is 1. The van der Waals surface area contributed by atoms with E-state index in [-0.39, 0.29) is 31.3 Å². The van der Waals surface area contributed by atoms with E-state index in [9.17, 15) is 14.4 Å². The van der Waals surface area contributed by atoms with Crippen LogP contribution in [0.2, 0.25) is 15.1 Å². The van der Waals surface area contributed by atoms with Crippen LogP contribution in [0, 0.1) is 0 Å². The van der Waals surface area contributed by atoms with E-state index in [1.54, 1.807) is 24.3 Å². The van der Waals surface area contributed by atoms with E-state index >= 15 is 0 Å². The Kier molecular flexibility index (Phi) is 8.47. The van der Waals surface area contributed by atoms with Crippen molar-refractivity contribution in [2.75, 3.05) is 26.7 Å². The molecule has 0 aromatic heterocycles. The maximum Gasteiger partial charge on any atom is 0.246 e. The van der Waals surface area contributed by atoms with Gasteiger partial charge in [0.1, 0.15) is 11.8 Å². The van der Waals surface area contributed by atoms with Crippen molar-refractivity contribution in [3.8, 4) is 16.9 Å². The Bertz CT molecular complexity index is 1140. The summed E-state index contributed by atoms with van der Waals surface area (Å²) in [6.45, 7) is 3.99. The molecule has 1 unspecified atom stereocenters. The molecule has 1 aliphatic heterocycles. The van der Waals surface area contributed by atoms with Crippen molar-refractivity contribution < 1.29 is 19.1 Å². The molecule has 1 aliphatic rings. The fraction of sp³-hybridized carbons (Fsp3) is 0.292. The van der Waals surface area contributed by atoms with Crippen molar-refractivity contribution >= 4 is 52.5 Å². The minimum Gasteiger partial charge on any atom is -0.496 e. The van der Waals surface area contributed by atoms with Gasteiger partial charge in [-0.25, -0.2) is 0 Å². The van der Waals surface area contributed by atoms with Gasteiger partial charge in [0.25, 0.3) is 0 Å². The van der Waals surface area contributed by atoms with Gasteiger partial charge in [0, 0.05) is 40.7 Å². The van der Waals surface area contributed by atoms with Gasteiger partial charge < -0.3 is 20.3 Å². The van der Waals surface area contributed by atoms with Crippen molar-refractivity contribution in [3.63, 3.8) is 0 Å². The summed E-state index contributed by atoms with van der Waals surface area (Å²) in [5.41, 5.74) is 7.58. The maximum atomic E-state index is 13.0. The second-order valence-electron chi connectivity index (χ2n) is 7.76. The van der Waals surface area contributed by atoms with Gasteiger partial charge in [-0.2, -0.15) is 0 Å². The Morgan fingerprint density at radius 2 is 1.82 bits per heavy atom. The molecule has 1 atom stereocenters. The molecule has 1 fully saturated rings. The monoisotopic (exact) mass is 523 g/mol. The predicted molar refractivity (Wildman–Crippen MR) is 133 cm³/mol. The molecular weight excluding hydrogens is 501 g/mol. The number of hydrogen-bond donors (Lipinski definition) is 1. The Morgan fingerprint density at radius 1 is 1.12 bits per heavy atom. The van der Waals surface area contributed by atoms with Crippen molar-refractivity contribution in [3.05, 3.63) is 63.6 Å². The van der Waals surface area contributed by atoms with Crippen LogP contribution in [0.1, 0.15) is 12.0 Å². The van der Waals surface area contributed by atoms with Crippen LogP contribution < -0.4 is 10.5 Å². The topological polar surface area (TPSA) is 92.9 Å².